The van der Waals surface area contributed by atoms with Crippen LogP contribution in [0.25, 0.3) is 21.9 Å². The van der Waals surface area contributed by atoms with Crippen LogP contribution in [0.2, 0.25) is 0 Å². The summed E-state index contributed by atoms with van der Waals surface area (Å²) in [5, 5.41) is 0.916. The maximum absolute atomic E-state index is 14.6. The molecule has 0 saturated heterocycles. The Hall–Kier alpha value is -3.18. The second-order valence-electron chi connectivity index (χ2n) is 5.52. The van der Waals surface area contributed by atoms with E-state index in [-0.39, 0.29) is 22.7 Å². The van der Waals surface area contributed by atoms with Crippen molar-refractivity contribution in [3.63, 3.8) is 0 Å². The topological polar surface area (TPSA) is 31.6 Å². The summed E-state index contributed by atoms with van der Waals surface area (Å²) in [5.41, 5.74) is -0.140. The number of hydrogen-bond donors (Lipinski definition) is 0. The van der Waals surface area contributed by atoms with Gasteiger partial charge in [-0.3, -0.25) is 0 Å². The van der Waals surface area contributed by atoms with Crippen molar-refractivity contribution in [2.45, 2.75) is 26.7 Å². The zero-order valence-electron chi connectivity index (χ0n) is 14.4. The maximum atomic E-state index is 14.6. The number of ether oxygens (including phenoxy) is 2. The number of rotatable bonds is 5. The molecule has 0 saturated carbocycles. The smallest absolute Gasteiger partial charge is 0.209 e. The van der Waals surface area contributed by atoms with E-state index in [0.29, 0.717) is 17.4 Å². The molecular formula is C21H16F2O3. The van der Waals surface area contributed by atoms with Gasteiger partial charge in [0.25, 0.3) is 0 Å². The van der Waals surface area contributed by atoms with Gasteiger partial charge in [0.05, 0.1) is 6.61 Å². The van der Waals surface area contributed by atoms with Gasteiger partial charge in [0.15, 0.2) is 22.7 Å². The third kappa shape index (κ3) is 3.30. The van der Waals surface area contributed by atoms with Gasteiger partial charge in [-0.05, 0) is 43.5 Å². The lowest BCUT2D eigenvalue weighted by Crippen LogP contribution is -1.98. The van der Waals surface area contributed by atoms with Crippen molar-refractivity contribution >= 4 is 21.9 Å². The van der Waals surface area contributed by atoms with E-state index in [1.807, 2.05) is 6.92 Å². The van der Waals surface area contributed by atoms with Crippen LogP contribution in [0.5, 0.6) is 11.5 Å². The van der Waals surface area contributed by atoms with Gasteiger partial charge in [0.1, 0.15) is 6.11 Å². The highest BCUT2D eigenvalue weighted by Gasteiger charge is 2.20. The Balaban J connectivity index is 2.03. The van der Waals surface area contributed by atoms with Crippen LogP contribution >= 0.6 is 0 Å². The third-order valence-electron chi connectivity index (χ3n) is 3.77. The molecule has 3 nitrogen and oxygen atoms in total. The van der Waals surface area contributed by atoms with Crippen LogP contribution in [-0.4, -0.2) is 6.61 Å². The van der Waals surface area contributed by atoms with Gasteiger partial charge in [-0.15, -0.1) is 0 Å². The minimum Gasteiger partial charge on any atom is -0.490 e. The summed E-state index contributed by atoms with van der Waals surface area (Å²) >= 11 is 0. The van der Waals surface area contributed by atoms with E-state index in [4.69, 9.17) is 13.9 Å². The van der Waals surface area contributed by atoms with E-state index >= 15 is 0 Å². The molecule has 0 N–H and O–H groups in total. The monoisotopic (exact) mass is 354 g/mol. The van der Waals surface area contributed by atoms with Crippen LogP contribution in [0.4, 0.5) is 8.78 Å². The number of unbranched alkanes of at least 4 members (excludes halogenated alkanes) is 1. The van der Waals surface area contributed by atoms with Gasteiger partial charge < -0.3 is 13.9 Å². The molecule has 132 valence electrons. The normalized spacial score (nSPS) is 10.2. The summed E-state index contributed by atoms with van der Waals surface area (Å²) in [6, 6.07) is 6.20. The lowest BCUT2D eigenvalue weighted by atomic mass is 10.1. The second-order valence-corrected chi connectivity index (χ2v) is 5.52. The van der Waals surface area contributed by atoms with Crippen LogP contribution in [0.3, 0.4) is 0 Å². The number of furan rings is 1. The fourth-order valence-electron chi connectivity index (χ4n) is 2.49. The minimum atomic E-state index is -0.745. The molecule has 2 aromatic carbocycles. The van der Waals surface area contributed by atoms with Gasteiger partial charge in [0.2, 0.25) is 11.6 Å². The molecule has 0 amide bonds. The van der Waals surface area contributed by atoms with E-state index in [0.717, 1.165) is 12.8 Å². The molecule has 0 aliphatic heterocycles. The first-order valence-electron chi connectivity index (χ1n) is 8.22. The highest BCUT2D eigenvalue weighted by Crippen LogP contribution is 2.37. The van der Waals surface area contributed by atoms with Crippen LogP contribution in [-0.2, 0) is 0 Å². The Morgan fingerprint density at radius 3 is 2.27 bits per heavy atom. The molecule has 0 atom stereocenters. The zero-order valence-corrected chi connectivity index (χ0v) is 14.4. The van der Waals surface area contributed by atoms with Gasteiger partial charge in [-0.2, -0.15) is 8.78 Å². The van der Waals surface area contributed by atoms with Crippen LogP contribution in [0.1, 0.15) is 26.7 Å². The fraction of sp³-hybridized carbons (Fsp3) is 0.238. The zero-order chi connectivity index (χ0) is 18.5. The molecule has 0 unspecified atom stereocenters. The first-order valence-corrected chi connectivity index (χ1v) is 8.22. The molecular weight excluding hydrogens is 338 g/mol. The Morgan fingerprint density at radius 2 is 1.62 bits per heavy atom. The molecule has 26 heavy (non-hydrogen) atoms. The van der Waals surface area contributed by atoms with Gasteiger partial charge in [0, 0.05) is 16.7 Å². The van der Waals surface area contributed by atoms with E-state index < -0.39 is 11.6 Å². The van der Waals surface area contributed by atoms with Crippen molar-refractivity contribution in [2.24, 2.45) is 0 Å². The highest BCUT2D eigenvalue weighted by molar-refractivity contribution is 6.06. The predicted molar refractivity (Wildman–Crippen MR) is 95.9 cm³/mol. The Kier molecular flexibility index (Phi) is 5.29. The summed E-state index contributed by atoms with van der Waals surface area (Å²) in [6.45, 7) is 4.05. The maximum Gasteiger partial charge on any atom is 0.209 e. The first kappa shape index (κ1) is 17.6. The van der Waals surface area contributed by atoms with E-state index in [2.05, 4.69) is 23.9 Å². The van der Waals surface area contributed by atoms with Crippen LogP contribution in [0, 0.1) is 35.5 Å². The SMILES string of the molecule is CC#CC#COc1ccc2c(oc3c(F)c(OCCCC)ccc32)c1F. The predicted octanol–water partition coefficient (Wildman–Crippen LogP) is 5.41. The summed E-state index contributed by atoms with van der Waals surface area (Å²) in [5.74, 6) is 6.07. The molecule has 1 heterocycles. The highest BCUT2D eigenvalue weighted by atomic mass is 19.1. The largest absolute Gasteiger partial charge is 0.490 e. The third-order valence-corrected chi connectivity index (χ3v) is 3.77. The van der Waals surface area contributed by atoms with Crippen molar-refractivity contribution in [1.82, 2.24) is 0 Å². The molecule has 0 fully saturated rings. The molecule has 5 heteroatoms. The van der Waals surface area contributed by atoms with Crippen molar-refractivity contribution in [1.29, 1.82) is 0 Å². The summed E-state index contributed by atoms with van der Waals surface area (Å²) in [7, 11) is 0. The summed E-state index contributed by atoms with van der Waals surface area (Å²) < 4.78 is 45.2. The van der Waals surface area contributed by atoms with Crippen LogP contribution < -0.4 is 9.47 Å². The van der Waals surface area contributed by atoms with Gasteiger partial charge >= 0.3 is 0 Å². The van der Waals surface area contributed by atoms with E-state index in [9.17, 15) is 8.78 Å². The van der Waals surface area contributed by atoms with Crippen molar-refractivity contribution in [3.05, 3.63) is 35.9 Å². The molecule has 0 bridgehead atoms. The molecule has 0 radical (unpaired) electrons. The Labute approximate surface area is 149 Å². The Bertz CT molecular complexity index is 1080. The first-order chi connectivity index (χ1) is 12.7. The number of halogens is 2. The summed E-state index contributed by atoms with van der Waals surface area (Å²) in [6.07, 6.45) is 4.05. The molecule has 3 rings (SSSR count). The van der Waals surface area contributed by atoms with E-state index in [1.165, 1.54) is 12.1 Å². The quantitative estimate of drug-likeness (QED) is 0.454. The second kappa shape index (κ2) is 7.80. The number of benzene rings is 2. The van der Waals surface area contributed by atoms with Crippen molar-refractivity contribution in [3.8, 4) is 35.4 Å². The minimum absolute atomic E-state index is 0.0482. The van der Waals surface area contributed by atoms with Crippen molar-refractivity contribution in [2.75, 3.05) is 6.61 Å². The van der Waals surface area contributed by atoms with Gasteiger partial charge in [-0.1, -0.05) is 19.3 Å². The van der Waals surface area contributed by atoms with E-state index in [1.54, 1.807) is 19.1 Å². The number of fused-ring (bicyclic) bond motifs is 3. The molecule has 0 aliphatic rings. The van der Waals surface area contributed by atoms with Gasteiger partial charge in [-0.25, -0.2) is 0 Å². The Morgan fingerprint density at radius 1 is 0.962 bits per heavy atom. The molecule has 3 aromatic rings. The molecule has 1 aromatic heterocycles. The lowest BCUT2D eigenvalue weighted by molar-refractivity contribution is 0.294. The average molecular weight is 354 g/mol. The number of hydrogen-bond acceptors (Lipinski definition) is 3. The lowest BCUT2D eigenvalue weighted by Gasteiger charge is -2.06. The standard InChI is InChI=1S/C21H16F2O3/c1-3-5-7-13-25-17-11-9-15-14-8-10-16(24-12-6-4-2)18(22)20(14)26-21(15)19(17)23/h8-11H,4,6,12H2,1-2H3. The fourth-order valence-corrected chi connectivity index (χ4v) is 2.49. The van der Waals surface area contributed by atoms with Crippen molar-refractivity contribution < 1.29 is 22.7 Å². The molecule has 0 aliphatic carbocycles. The molecule has 0 spiro atoms. The van der Waals surface area contributed by atoms with Crippen LogP contribution in [0.15, 0.2) is 28.7 Å². The summed E-state index contributed by atoms with van der Waals surface area (Å²) in [4.78, 5) is 0. The average Bonchev–Trinajstić information content (AvgIpc) is 3.03.